The van der Waals surface area contributed by atoms with Gasteiger partial charge in [0.2, 0.25) is 0 Å². The van der Waals surface area contributed by atoms with Crippen molar-refractivity contribution in [3.63, 3.8) is 0 Å². The van der Waals surface area contributed by atoms with Crippen molar-refractivity contribution in [2.75, 3.05) is 12.3 Å². The Hall–Kier alpha value is -0.190. The maximum Gasteiger partial charge on any atom is 0.156 e. The van der Waals surface area contributed by atoms with Crippen LogP contribution in [0.25, 0.3) is 0 Å². The maximum atomic E-state index is 6.00. The van der Waals surface area contributed by atoms with E-state index < -0.39 is 0 Å². The molecule has 0 unspecified atom stereocenters. The number of benzene rings is 1. The molecule has 80 valence electrons. The number of nitrogens with one attached hydrogen (secondary N) is 1. The van der Waals surface area contributed by atoms with E-state index in [4.69, 9.17) is 11.6 Å². The molecule has 0 saturated carbocycles. The Morgan fingerprint density at radius 2 is 2.40 bits per heavy atom. The lowest BCUT2D eigenvalue weighted by Gasteiger charge is -2.08. The minimum Gasteiger partial charge on any atom is -0.361 e. The van der Waals surface area contributed by atoms with Crippen LogP contribution in [0.2, 0.25) is 5.02 Å². The first-order valence-electron chi connectivity index (χ1n) is 4.61. The molecule has 0 spiro atoms. The molecular formula is C10H10BrClN2S. The molecule has 1 aliphatic rings. The van der Waals surface area contributed by atoms with Gasteiger partial charge in [0, 0.05) is 16.8 Å². The van der Waals surface area contributed by atoms with Gasteiger partial charge in [-0.25, -0.2) is 0 Å². The normalized spacial score (nSPS) is 15.2. The fourth-order valence-electron chi connectivity index (χ4n) is 1.30. The lowest BCUT2D eigenvalue weighted by atomic mass is 10.2. The molecule has 1 aromatic carbocycles. The number of hydrogen-bond donors (Lipinski definition) is 1. The van der Waals surface area contributed by atoms with Crippen molar-refractivity contribution in [1.82, 2.24) is 5.32 Å². The average Bonchev–Trinajstić information content (AvgIpc) is 2.73. The van der Waals surface area contributed by atoms with Crippen molar-refractivity contribution in [2.45, 2.75) is 6.54 Å². The third-order valence-corrected chi connectivity index (χ3v) is 4.46. The Balaban J connectivity index is 2.01. The predicted molar refractivity (Wildman–Crippen MR) is 70.8 cm³/mol. The van der Waals surface area contributed by atoms with Gasteiger partial charge in [0.25, 0.3) is 0 Å². The minimum absolute atomic E-state index is 0.746. The fourth-order valence-corrected chi connectivity index (χ4v) is 2.63. The van der Waals surface area contributed by atoms with Crippen molar-refractivity contribution >= 4 is 44.5 Å². The minimum atomic E-state index is 0.746. The Bertz CT molecular complexity index is 395. The smallest absolute Gasteiger partial charge is 0.156 e. The van der Waals surface area contributed by atoms with Crippen LogP contribution in [0.1, 0.15) is 5.56 Å². The summed E-state index contributed by atoms with van der Waals surface area (Å²) >= 11 is 11.2. The molecule has 0 fully saturated rings. The summed E-state index contributed by atoms with van der Waals surface area (Å²) in [5.41, 5.74) is 1.15. The van der Waals surface area contributed by atoms with E-state index in [0.29, 0.717) is 0 Å². The second kappa shape index (κ2) is 5.23. The standard InChI is InChI=1S/C10H10BrClN2S/c11-9-7(2-1-3-8(9)12)6-14-10-13-4-5-15-10/h1-3H,4-6H2,(H,13,14). The first-order chi connectivity index (χ1) is 7.27. The highest BCUT2D eigenvalue weighted by molar-refractivity contribution is 9.10. The Kier molecular flexibility index (Phi) is 3.94. The quantitative estimate of drug-likeness (QED) is 0.906. The van der Waals surface area contributed by atoms with Crippen molar-refractivity contribution in [3.8, 4) is 0 Å². The molecule has 0 amide bonds. The molecule has 2 rings (SSSR count). The van der Waals surface area contributed by atoms with Gasteiger partial charge in [-0.1, -0.05) is 35.5 Å². The van der Waals surface area contributed by atoms with Crippen LogP contribution in [-0.2, 0) is 6.54 Å². The van der Waals surface area contributed by atoms with Crippen molar-refractivity contribution in [2.24, 2.45) is 4.99 Å². The van der Waals surface area contributed by atoms with Crippen molar-refractivity contribution in [1.29, 1.82) is 0 Å². The average molecular weight is 306 g/mol. The van der Waals surface area contributed by atoms with E-state index in [0.717, 1.165) is 39.1 Å². The molecule has 1 heterocycles. The second-order valence-electron chi connectivity index (χ2n) is 3.10. The molecule has 1 aliphatic heterocycles. The monoisotopic (exact) mass is 304 g/mol. The topological polar surface area (TPSA) is 24.4 Å². The van der Waals surface area contributed by atoms with E-state index in [1.807, 2.05) is 18.2 Å². The van der Waals surface area contributed by atoms with Crippen LogP contribution < -0.4 is 5.32 Å². The highest BCUT2D eigenvalue weighted by Gasteiger charge is 2.08. The summed E-state index contributed by atoms with van der Waals surface area (Å²) in [5.74, 6) is 1.08. The number of halogens is 2. The van der Waals surface area contributed by atoms with Crippen LogP contribution in [0.15, 0.2) is 27.7 Å². The van der Waals surface area contributed by atoms with Gasteiger partial charge < -0.3 is 5.32 Å². The highest BCUT2D eigenvalue weighted by atomic mass is 79.9. The van der Waals surface area contributed by atoms with Gasteiger partial charge in [-0.15, -0.1) is 0 Å². The molecule has 0 radical (unpaired) electrons. The zero-order chi connectivity index (χ0) is 10.7. The number of rotatable bonds is 2. The molecule has 15 heavy (non-hydrogen) atoms. The molecular weight excluding hydrogens is 296 g/mol. The van der Waals surface area contributed by atoms with Crippen LogP contribution in [0.4, 0.5) is 0 Å². The largest absolute Gasteiger partial charge is 0.361 e. The van der Waals surface area contributed by atoms with Gasteiger partial charge in [0.15, 0.2) is 5.17 Å². The van der Waals surface area contributed by atoms with Gasteiger partial charge in [0.05, 0.1) is 11.6 Å². The SMILES string of the molecule is Clc1cccc(CNC2=NCCS2)c1Br. The second-order valence-corrected chi connectivity index (χ2v) is 5.39. The van der Waals surface area contributed by atoms with Gasteiger partial charge >= 0.3 is 0 Å². The van der Waals surface area contributed by atoms with Crippen LogP contribution in [0.3, 0.4) is 0 Å². The Labute approximate surface area is 107 Å². The van der Waals surface area contributed by atoms with Crippen LogP contribution in [0, 0.1) is 0 Å². The van der Waals surface area contributed by atoms with Gasteiger partial charge in [0.1, 0.15) is 0 Å². The zero-order valence-electron chi connectivity index (χ0n) is 7.96. The summed E-state index contributed by atoms with van der Waals surface area (Å²) < 4.78 is 0.961. The van der Waals surface area contributed by atoms with Crippen LogP contribution >= 0.6 is 39.3 Å². The number of aliphatic imine (C=N–C) groups is 1. The summed E-state index contributed by atoms with van der Waals surface area (Å²) in [6.07, 6.45) is 0. The molecule has 5 heteroatoms. The van der Waals surface area contributed by atoms with Crippen molar-refractivity contribution < 1.29 is 0 Å². The molecule has 0 bridgehead atoms. The van der Waals surface area contributed by atoms with E-state index in [1.165, 1.54) is 0 Å². The number of hydrogen-bond acceptors (Lipinski definition) is 3. The molecule has 1 N–H and O–H groups in total. The lowest BCUT2D eigenvalue weighted by Crippen LogP contribution is -2.18. The lowest BCUT2D eigenvalue weighted by molar-refractivity contribution is 0.918. The van der Waals surface area contributed by atoms with E-state index in [9.17, 15) is 0 Å². The molecule has 0 aromatic heterocycles. The summed E-state index contributed by atoms with van der Waals surface area (Å²) in [6, 6.07) is 5.87. The predicted octanol–water partition coefficient (Wildman–Crippen LogP) is 3.29. The number of amidine groups is 1. The zero-order valence-corrected chi connectivity index (χ0v) is 11.1. The van der Waals surface area contributed by atoms with E-state index in [1.54, 1.807) is 11.8 Å². The molecule has 0 atom stereocenters. The van der Waals surface area contributed by atoms with Gasteiger partial charge in [-0.2, -0.15) is 0 Å². The molecule has 2 nitrogen and oxygen atoms in total. The van der Waals surface area contributed by atoms with Crippen molar-refractivity contribution in [3.05, 3.63) is 33.3 Å². The summed E-state index contributed by atoms with van der Waals surface area (Å²) in [4.78, 5) is 4.32. The van der Waals surface area contributed by atoms with E-state index in [-0.39, 0.29) is 0 Å². The Morgan fingerprint density at radius 1 is 1.53 bits per heavy atom. The summed E-state index contributed by atoms with van der Waals surface area (Å²) in [7, 11) is 0. The highest BCUT2D eigenvalue weighted by Crippen LogP contribution is 2.26. The molecule has 0 aliphatic carbocycles. The van der Waals surface area contributed by atoms with Gasteiger partial charge in [-0.3, -0.25) is 4.99 Å². The molecule has 1 aromatic rings. The first-order valence-corrected chi connectivity index (χ1v) is 6.77. The van der Waals surface area contributed by atoms with Crippen LogP contribution in [0.5, 0.6) is 0 Å². The third-order valence-electron chi connectivity index (χ3n) is 2.05. The maximum absolute atomic E-state index is 6.00. The van der Waals surface area contributed by atoms with E-state index in [2.05, 4.69) is 26.2 Å². The summed E-state index contributed by atoms with van der Waals surface area (Å²) in [5, 5.41) is 5.07. The third kappa shape index (κ3) is 2.89. The van der Waals surface area contributed by atoms with E-state index >= 15 is 0 Å². The van der Waals surface area contributed by atoms with Crippen LogP contribution in [-0.4, -0.2) is 17.5 Å². The van der Waals surface area contributed by atoms with Gasteiger partial charge in [-0.05, 0) is 27.6 Å². The molecule has 0 saturated heterocycles. The number of thioether (sulfide) groups is 1. The first kappa shape index (κ1) is 11.3. The Morgan fingerprint density at radius 3 is 3.13 bits per heavy atom. The fraction of sp³-hybridized carbons (Fsp3) is 0.300. The number of nitrogens with zero attached hydrogens (tertiary/aromatic N) is 1. The summed E-state index contributed by atoms with van der Waals surface area (Å²) in [6.45, 7) is 1.68.